The third kappa shape index (κ3) is 3.65. The van der Waals surface area contributed by atoms with Crippen molar-refractivity contribution < 1.29 is 14.3 Å². The average Bonchev–Trinajstić information content (AvgIpc) is 3.30. The molecule has 0 aliphatic heterocycles. The van der Waals surface area contributed by atoms with Gasteiger partial charge in [-0.15, -0.1) is 0 Å². The van der Waals surface area contributed by atoms with Gasteiger partial charge in [-0.1, -0.05) is 30.3 Å². The molecule has 7 rings (SSSR count). The highest BCUT2D eigenvalue weighted by atomic mass is 16.5. The second-order valence-corrected chi connectivity index (χ2v) is 10.4. The Morgan fingerprint density at radius 1 is 1.09 bits per heavy atom. The molecule has 0 atom stereocenters. The number of ether oxygens (including phenoxy) is 1. The zero-order chi connectivity index (χ0) is 23.3. The van der Waals surface area contributed by atoms with Crippen molar-refractivity contribution in [2.75, 3.05) is 11.9 Å². The second kappa shape index (κ2) is 8.18. The van der Waals surface area contributed by atoms with Crippen molar-refractivity contribution in [3.05, 3.63) is 42.2 Å². The zero-order valence-electron chi connectivity index (χ0n) is 19.4. The third-order valence-corrected chi connectivity index (χ3v) is 7.91. The Morgan fingerprint density at radius 3 is 2.41 bits per heavy atom. The molecule has 0 saturated heterocycles. The number of hydrogen-bond donors (Lipinski definition) is 1. The van der Waals surface area contributed by atoms with Crippen molar-refractivity contribution in [2.24, 2.45) is 23.2 Å². The minimum atomic E-state index is -0.269. The summed E-state index contributed by atoms with van der Waals surface area (Å²) in [6, 6.07) is 9.77. The molecule has 4 bridgehead atoms. The van der Waals surface area contributed by atoms with Crippen LogP contribution in [0, 0.1) is 23.2 Å². The van der Waals surface area contributed by atoms with E-state index in [1.54, 1.807) is 0 Å². The van der Waals surface area contributed by atoms with Gasteiger partial charge >= 0.3 is 5.97 Å². The van der Waals surface area contributed by atoms with Crippen molar-refractivity contribution in [1.82, 2.24) is 19.6 Å². The van der Waals surface area contributed by atoms with Gasteiger partial charge in [0.15, 0.2) is 5.65 Å². The van der Waals surface area contributed by atoms with E-state index < -0.39 is 0 Å². The van der Waals surface area contributed by atoms with Crippen LogP contribution in [0.5, 0.6) is 0 Å². The molecule has 2 aromatic heterocycles. The molecule has 0 spiro atoms. The van der Waals surface area contributed by atoms with Crippen LogP contribution in [-0.4, -0.2) is 38.1 Å². The molecule has 4 saturated carbocycles. The maximum absolute atomic E-state index is 13.3. The molecule has 34 heavy (non-hydrogen) atoms. The Labute approximate surface area is 198 Å². The number of carbonyl (C=O) groups excluding carboxylic acids is 2. The van der Waals surface area contributed by atoms with Crippen LogP contribution in [0.4, 0.5) is 5.95 Å². The van der Waals surface area contributed by atoms with Crippen LogP contribution in [-0.2, 0) is 20.7 Å². The Balaban J connectivity index is 1.27. The highest BCUT2D eigenvalue weighted by Gasteiger charge is 2.55. The molecular formula is C26H29N5O3. The van der Waals surface area contributed by atoms with Crippen molar-refractivity contribution in [2.45, 2.75) is 51.9 Å². The molecule has 1 aromatic carbocycles. The lowest BCUT2D eigenvalue weighted by Gasteiger charge is -2.55. The number of benzene rings is 1. The lowest BCUT2D eigenvalue weighted by atomic mass is 9.49. The highest BCUT2D eigenvalue weighted by molar-refractivity contribution is 5.88. The summed E-state index contributed by atoms with van der Waals surface area (Å²) in [7, 11) is 0. The van der Waals surface area contributed by atoms with Gasteiger partial charge in [-0.2, -0.15) is 9.61 Å². The number of carbonyl (C=O) groups is 2. The SMILES string of the molecule is CC(=O)Nc1nc(-c2ccccc2)c(CCOC(=O)C23CC4CC(CC(C4)C2)C3)c2ncnn12. The van der Waals surface area contributed by atoms with Crippen LogP contribution in [0.15, 0.2) is 36.7 Å². The molecule has 0 unspecified atom stereocenters. The maximum Gasteiger partial charge on any atom is 0.312 e. The molecule has 8 nitrogen and oxygen atoms in total. The van der Waals surface area contributed by atoms with Crippen LogP contribution in [0.25, 0.3) is 16.9 Å². The summed E-state index contributed by atoms with van der Waals surface area (Å²) in [6.07, 6.45) is 8.79. The van der Waals surface area contributed by atoms with Crippen LogP contribution in [0.2, 0.25) is 0 Å². The Kier molecular flexibility index (Phi) is 5.12. The largest absolute Gasteiger partial charge is 0.465 e. The zero-order valence-corrected chi connectivity index (χ0v) is 19.4. The summed E-state index contributed by atoms with van der Waals surface area (Å²) < 4.78 is 7.48. The van der Waals surface area contributed by atoms with E-state index in [1.165, 1.54) is 37.0 Å². The normalized spacial score (nSPS) is 27.1. The van der Waals surface area contributed by atoms with Gasteiger partial charge in [0, 0.05) is 24.5 Å². The highest BCUT2D eigenvalue weighted by Crippen LogP contribution is 2.60. The van der Waals surface area contributed by atoms with E-state index in [-0.39, 0.29) is 23.9 Å². The van der Waals surface area contributed by atoms with Crippen molar-refractivity contribution in [3.8, 4) is 11.3 Å². The summed E-state index contributed by atoms with van der Waals surface area (Å²) >= 11 is 0. The standard InChI is InChI=1S/C26H29N5O3/c1-16(32)29-25-30-22(20-5-3-2-4-6-20)21(23-27-15-28-31(23)25)7-8-34-24(33)26-12-17-9-18(13-26)11-19(10-17)14-26/h2-6,15,17-19H,7-14H2,1H3,(H,29,30,32). The van der Waals surface area contributed by atoms with Gasteiger partial charge in [0.2, 0.25) is 11.9 Å². The van der Waals surface area contributed by atoms with Gasteiger partial charge < -0.3 is 4.74 Å². The van der Waals surface area contributed by atoms with E-state index in [2.05, 4.69) is 15.4 Å². The number of hydrogen-bond acceptors (Lipinski definition) is 6. The molecule has 4 fully saturated rings. The topological polar surface area (TPSA) is 98.5 Å². The Bertz CT molecular complexity index is 1220. The number of nitrogens with one attached hydrogen (secondary N) is 1. The molecule has 3 aromatic rings. The van der Waals surface area contributed by atoms with Crippen LogP contribution < -0.4 is 5.32 Å². The van der Waals surface area contributed by atoms with E-state index in [9.17, 15) is 9.59 Å². The van der Waals surface area contributed by atoms with E-state index in [1.807, 2.05) is 30.3 Å². The fourth-order valence-corrected chi connectivity index (χ4v) is 6.99. The third-order valence-electron chi connectivity index (χ3n) is 7.91. The molecule has 1 N–H and O–H groups in total. The summed E-state index contributed by atoms with van der Waals surface area (Å²) in [6.45, 7) is 1.70. The van der Waals surface area contributed by atoms with Crippen LogP contribution >= 0.6 is 0 Å². The minimum Gasteiger partial charge on any atom is -0.465 e. The molecule has 2 heterocycles. The predicted molar refractivity (Wildman–Crippen MR) is 126 cm³/mol. The first kappa shape index (κ1) is 21.3. The number of rotatable bonds is 6. The first-order valence-corrected chi connectivity index (χ1v) is 12.2. The van der Waals surface area contributed by atoms with Crippen molar-refractivity contribution >= 4 is 23.5 Å². The fraction of sp³-hybridized carbons (Fsp3) is 0.500. The number of anilines is 1. The minimum absolute atomic E-state index is 0.0202. The molecule has 4 aliphatic rings. The number of fused-ring (bicyclic) bond motifs is 1. The average molecular weight is 460 g/mol. The first-order chi connectivity index (χ1) is 16.5. The molecule has 176 valence electrons. The molecule has 1 amide bonds. The number of amides is 1. The molecule has 4 aliphatic carbocycles. The molecule has 8 heteroatoms. The number of aromatic nitrogens is 4. The first-order valence-electron chi connectivity index (χ1n) is 12.2. The number of esters is 1. The van der Waals surface area contributed by atoms with Gasteiger partial charge in [0.1, 0.15) is 6.33 Å². The molecular weight excluding hydrogens is 430 g/mol. The monoisotopic (exact) mass is 459 g/mol. The predicted octanol–water partition coefficient (Wildman–Crippen LogP) is 4.05. The van der Waals surface area contributed by atoms with E-state index >= 15 is 0 Å². The van der Waals surface area contributed by atoms with E-state index in [4.69, 9.17) is 9.72 Å². The Hall–Kier alpha value is -3.29. The van der Waals surface area contributed by atoms with Gasteiger partial charge in [-0.05, 0) is 56.3 Å². The van der Waals surface area contributed by atoms with Gasteiger partial charge in [0.25, 0.3) is 0 Å². The van der Waals surface area contributed by atoms with Gasteiger partial charge in [-0.25, -0.2) is 9.97 Å². The van der Waals surface area contributed by atoms with E-state index in [0.29, 0.717) is 41.5 Å². The van der Waals surface area contributed by atoms with Gasteiger partial charge in [0.05, 0.1) is 17.7 Å². The van der Waals surface area contributed by atoms with Crippen LogP contribution in [0.1, 0.15) is 51.0 Å². The van der Waals surface area contributed by atoms with Gasteiger partial charge in [-0.3, -0.25) is 14.9 Å². The van der Waals surface area contributed by atoms with Crippen molar-refractivity contribution in [3.63, 3.8) is 0 Å². The van der Waals surface area contributed by atoms with E-state index in [0.717, 1.165) is 30.4 Å². The summed E-state index contributed by atoms with van der Waals surface area (Å²) in [5.74, 6) is 2.15. The summed E-state index contributed by atoms with van der Waals surface area (Å²) in [5, 5.41) is 7.00. The summed E-state index contributed by atoms with van der Waals surface area (Å²) in [4.78, 5) is 34.2. The molecule has 0 radical (unpaired) electrons. The smallest absolute Gasteiger partial charge is 0.312 e. The quantitative estimate of drug-likeness (QED) is 0.559. The Morgan fingerprint density at radius 2 is 1.76 bits per heavy atom. The maximum atomic E-state index is 13.3. The number of nitrogens with zero attached hydrogens (tertiary/aromatic N) is 4. The lowest BCUT2D eigenvalue weighted by Crippen LogP contribution is -2.50. The second-order valence-electron chi connectivity index (χ2n) is 10.4. The van der Waals surface area contributed by atoms with Crippen LogP contribution in [0.3, 0.4) is 0 Å². The summed E-state index contributed by atoms with van der Waals surface area (Å²) in [5.41, 5.74) is 2.78. The van der Waals surface area contributed by atoms with Crippen molar-refractivity contribution in [1.29, 1.82) is 0 Å². The lowest BCUT2D eigenvalue weighted by molar-refractivity contribution is -0.171. The fourth-order valence-electron chi connectivity index (χ4n) is 6.99.